The summed E-state index contributed by atoms with van der Waals surface area (Å²) in [7, 11) is 0. The second kappa shape index (κ2) is 19.9. The van der Waals surface area contributed by atoms with E-state index < -0.39 is 42.8 Å². The first-order valence-corrected chi connectivity index (χ1v) is 17.2. The maximum Gasteiger partial charge on any atom is 0.303 e. The smallest absolute Gasteiger partial charge is 0.303 e. The molecule has 1 saturated heterocycles. The van der Waals surface area contributed by atoms with Crippen LogP contribution >= 0.6 is 0 Å². The second-order valence-corrected chi connectivity index (χ2v) is 12.5. The largest absolute Gasteiger partial charge is 0.481 e. The predicted octanol–water partition coefficient (Wildman–Crippen LogP) is 7.47. The first-order chi connectivity index (χ1) is 24.1. The van der Waals surface area contributed by atoms with Crippen LogP contribution in [0, 0.1) is 0 Å². The topological polar surface area (TPSA) is 104 Å². The van der Waals surface area contributed by atoms with Gasteiger partial charge in [0.1, 0.15) is 24.4 Å². The summed E-state index contributed by atoms with van der Waals surface area (Å²) in [5, 5.41) is 20.7. The van der Waals surface area contributed by atoms with E-state index in [-0.39, 0.29) is 13.0 Å². The minimum Gasteiger partial charge on any atom is -0.481 e. The summed E-state index contributed by atoms with van der Waals surface area (Å²) < 4.78 is 32.9. The molecule has 0 aromatic heterocycles. The molecule has 6 atom stereocenters. The number of unbranched alkanes of at least 4 members (excludes halogenated alkanes) is 3. The normalized spacial score (nSPS) is 21.3. The van der Waals surface area contributed by atoms with Crippen LogP contribution in [-0.4, -0.2) is 53.0 Å². The van der Waals surface area contributed by atoms with Crippen molar-refractivity contribution in [1.82, 2.24) is 0 Å². The second-order valence-electron chi connectivity index (χ2n) is 12.5. The maximum absolute atomic E-state index is 11.6. The third-order valence-electron chi connectivity index (χ3n) is 8.71. The van der Waals surface area contributed by atoms with E-state index in [9.17, 15) is 9.90 Å². The number of carboxylic acid groups (broad SMARTS) is 1. The maximum atomic E-state index is 11.6. The molecule has 1 heterocycles. The van der Waals surface area contributed by atoms with Crippen LogP contribution in [0.3, 0.4) is 0 Å². The van der Waals surface area contributed by atoms with Gasteiger partial charge in [0.05, 0.1) is 32.5 Å². The molecule has 1 fully saturated rings. The van der Waals surface area contributed by atoms with Crippen LogP contribution in [-0.2, 0) is 54.9 Å². The Balaban J connectivity index is 1.42. The molecule has 4 aromatic carbocycles. The number of carbonyl (C=O) groups is 1. The summed E-state index contributed by atoms with van der Waals surface area (Å²) in [6.07, 6.45) is -0.761. The van der Waals surface area contributed by atoms with Crippen LogP contribution in [0.1, 0.15) is 60.8 Å². The molecule has 4 aromatic rings. The van der Waals surface area contributed by atoms with Gasteiger partial charge in [0.15, 0.2) is 6.29 Å². The van der Waals surface area contributed by atoms with Gasteiger partial charge in [0, 0.05) is 6.42 Å². The third-order valence-corrected chi connectivity index (χ3v) is 8.71. The average molecular weight is 669 g/mol. The summed E-state index contributed by atoms with van der Waals surface area (Å²) in [6.45, 7) is 1.21. The highest BCUT2D eigenvalue weighted by Crippen LogP contribution is 2.33. The van der Waals surface area contributed by atoms with Gasteiger partial charge in [-0.05, 0) is 35.1 Å². The van der Waals surface area contributed by atoms with Crippen molar-refractivity contribution in [2.75, 3.05) is 0 Å². The van der Waals surface area contributed by atoms with E-state index in [4.69, 9.17) is 28.8 Å². The van der Waals surface area contributed by atoms with Gasteiger partial charge >= 0.3 is 5.97 Å². The number of benzene rings is 4. The van der Waals surface area contributed by atoms with Crippen molar-refractivity contribution < 1.29 is 38.7 Å². The lowest BCUT2D eigenvalue weighted by Gasteiger charge is -2.46. The van der Waals surface area contributed by atoms with Gasteiger partial charge in [-0.2, -0.15) is 0 Å². The van der Waals surface area contributed by atoms with E-state index >= 15 is 0 Å². The van der Waals surface area contributed by atoms with E-state index in [1.807, 2.05) is 121 Å². The minimum atomic E-state index is -1.30. The number of rotatable bonds is 20. The molecule has 1 aliphatic rings. The molecule has 2 N–H and O–H groups in total. The monoisotopic (exact) mass is 668 g/mol. The van der Waals surface area contributed by atoms with Crippen molar-refractivity contribution in [3.63, 3.8) is 0 Å². The Morgan fingerprint density at radius 2 is 1.00 bits per heavy atom. The van der Waals surface area contributed by atoms with E-state index in [0.717, 1.165) is 41.5 Å². The molecular formula is C41H48O8. The fourth-order valence-corrected chi connectivity index (χ4v) is 6.10. The Kier molecular flexibility index (Phi) is 14.8. The Bertz CT molecular complexity index is 1470. The Morgan fingerprint density at radius 3 is 1.49 bits per heavy atom. The van der Waals surface area contributed by atoms with Crippen molar-refractivity contribution in [3.05, 3.63) is 144 Å². The standard InChI is InChI=1S/C41H48O8/c42-36(43)26-16-2-1-15-25-35(45-27-31-17-7-3-8-18-31)37-38(46-28-32-19-9-4-10-20-32)39(47-29-33-21-11-5-12-22-33)40(41(44)49-37)48-30-34-23-13-6-14-24-34/h3-14,17-24,35,37-41,44H,1-2,15-16,25-30H2,(H,42,43)/t35?,37-,38-,39+,40+,41+/m1/s1. The lowest BCUT2D eigenvalue weighted by molar-refractivity contribution is -0.327. The van der Waals surface area contributed by atoms with Crippen LogP contribution < -0.4 is 0 Å². The van der Waals surface area contributed by atoms with Gasteiger partial charge in [0.25, 0.3) is 0 Å². The molecule has 0 bridgehead atoms. The zero-order chi connectivity index (χ0) is 34.1. The third kappa shape index (κ3) is 11.9. The first kappa shape index (κ1) is 36.4. The quantitative estimate of drug-likeness (QED) is 0.0936. The molecule has 260 valence electrons. The number of hydrogen-bond donors (Lipinski definition) is 2. The molecule has 0 saturated carbocycles. The van der Waals surface area contributed by atoms with Crippen molar-refractivity contribution in [3.8, 4) is 0 Å². The zero-order valence-electron chi connectivity index (χ0n) is 27.9. The summed E-state index contributed by atoms with van der Waals surface area (Å²) >= 11 is 0. The Morgan fingerprint density at radius 1 is 0.571 bits per heavy atom. The highest BCUT2D eigenvalue weighted by molar-refractivity contribution is 5.66. The average Bonchev–Trinajstić information content (AvgIpc) is 3.14. The summed E-state index contributed by atoms with van der Waals surface area (Å²) in [5.41, 5.74) is 3.97. The number of aliphatic carboxylic acids is 1. The SMILES string of the molecule is O=C(O)CCCCCCC(OCc1ccccc1)[C@H]1O[C@H](O)[C@@H](OCc2ccccc2)[C@@H](OCc2ccccc2)[C@@H]1OCc1ccccc1. The molecule has 1 unspecified atom stereocenters. The molecular weight excluding hydrogens is 620 g/mol. The van der Waals surface area contributed by atoms with Crippen molar-refractivity contribution in [2.24, 2.45) is 0 Å². The molecule has 49 heavy (non-hydrogen) atoms. The van der Waals surface area contributed by atoms with Crippen LogP contribution in [0.4, 0.5) is 0 Å². The van der Waals surface area contributed by atoms with Crippen molar-refractivity contribution >= 4 is 5.97 Å². The van der Waals surface area contributed by atoms with Gasteiger partial charge in [-0.1, -0.05) is 141 Å². The van der Waals surface area contributed by atoms with Gasteiger partial charge < -0.3 is 33.9 Å². The van der Waals surface area contributed by atoms with E-state index in [1.165, 1.54) is 0 Å². The van der Waals surface area contributed by atoms with Gasteiger partial charge in [0.2, 0.25) is 0 Å². The zero-order valence-corrected chi connectivity index (χ0v) is 27.9. The highest BCUT2D eigenvalue weighted by Gasteiger charge is 2.50. The van der Waals surface area contributed by atoms with E-state index in [1.54, 1.807) is 0 Å². The summed E-state index contributed by atoms with van der Waals surface area (Å²) in [5.74, 6) is -0.780. The van der Waals surface area contributed by atoms with Crippen molar-refractivity contribution in [1.29, 1.82) is 0 Å². The molecule has 8 nitrogen and oxygen atoms in total. The van der Waals surface area contributed by atoms with Gasteiger partial charge in [-0.3, -0.25) is 4.79 Å². The fourth-order valence-electron chi connectivity index (χ4n) is 6.10. The number of ether oxygens (including phenoxy) is 5. The molecule has 1 aliphatic heterocycles. The van der Waals surface area contributed by atoms with Crippen LogP contribution in [0.25, 0.3) is 0 Å². The van der Waals surface area contributed by atoms with Gasteiger partial charge in [-0.15, -0.1) is 0 Å². The number of aliphatic hydroxyl groups is 1. The lowest BCUT2D eigenvalue weighted by Crippen LogP contribution is -2.63. The predicted molar refractivity (Wildman–Crippen MR) is 186 cm³/mol. The first-order valence-electron chi connectivity index (χ1n) is 17.2. The molecule has 0 amide bonds. The molecule has 0 spiro atoms. The number of aliphatic hydroxyl groups excluding tert-OH is 1. The molecule has 8 heteroatoms. The Hall–Kier alpha value is -3.89. The number of carboxylic acids is 1. The van der Waals surface area contributed by atoms with Crippen LogP contribution in [0.2, 0.25) is 0 Å². The summed E-state index contributed by atoms with van der Waals surface area (Å²) in [6, 6.07) is 39.6. The minimum absolute atomic E-state index is 0.159. The van der Waals surface area contributed by atoms with Gasteiger partial charge in [-0.25, -0.2) is 0 Å². The number of hydrogen-bond acceptors (Lipinski definition) is 7. The van der Waals surface area contributed by atoms with Crippen LogP contribution in [0.15, 0.2) is 121 Å². The lowest BCUT2D eigenvalue weighted by atomic mass is 9.91. The Labute approximate surface area is 289 Å². The van der Waals surface area contributed by atoms with Crippen LogP contribution in [0.5, 0.6) is 0 Å². The summed E-state index contributed by atoms with van der Waals surface area (Å²) in [4.78, 5) is 11.0. The van der Waals surface area contributed by atoms with E-state index in [0.29, 0.717) is 32.7 Å². The fraction of sp³-hybridized carbons (Fsp3) is 0.390. The highest BCUT2D eigenvalue weighted by atomic mass is 16.7. The van der Waals surface area contributed by atoms with Crippen molar-refractivity contribution in [2.45, 2.75) is 102 Å². The molecule has 0 aliphatic carbocycles. The van der Waals surface area contributed by atoms with E-state index in [2.05, 4.69) is 0 Å². The molecule has 0 radical (unpaired) electrons. The molecule has 5 rings (SSSR count).